The summed E-state index contributed by atoms with van der Waals surface area (Å²) in [4.78, 5) is 8.92. The number of aromatic nitrogens is 3. The fourth-order valence-electron chi connectivity index (χ4n) is 2.49. The number of benzene rings is 1. The van der Waals surface area contributed by atoms with Gasteiger partial charge in [-0.2, -0.15) is 0 Å². The van der Waals surface area contributed by atoms with Gasteiger partial charge in [0.15, 0.2) is 17.1 Å². The second kappa shape index (κ2) is 4.93. The number of nitrogens with zero attached hydrogens (tertiary/aromatic N) is 3. The summed E-state index contributed by atoms with van der Waals surface area (Å²) in [5.41, 5.74) is 2.52. The van der Waals surface area contributed by atoms with E-state index in [0.717, 1.165) is 34.2 Å². The maximum absolute atomic E-state index is 6.03. The highest BCUT2D eigenvalue weighted by Crippen LogP contribution is 2.33. The van der Waals surface area contributed by atoms with Crippen LogP contribution in [0.5, 0.6) is 11.5 Å². The van der Waals surface area contributed by atoms with E-state index in [4.69, 9.17) is 21.1 Å². The Morgan fingerprint density at radius 1 is 1.14 bits per heavy atom. The Bertz CT molecular complexity index is 816. The molecule has 0 spiro atoms. The first-order valence-corrected chi connectivity index (χ1v) is 7.18. The minimum absolute atomic E-state index is 0.310. The van der Waals surface area contributed by atoms with Crippen molar-refractivity contribution < 1.29 is 9.47 Å². The Morgan fingerprint density at radius 2 is 2.00 bits per heavy atom. The van der Waals surface area contributed by atoms with Gasteiger partial charge in [0.2, 0.25) is 0 Å². The fraction of sp³-hybridized carbons (Fsp3) is 0.200. The third kappa shape index (κ3) is 2.01. The summed E-state index contributed by atoms with van der Waals surface area (Å²) in [7, 11) is 0. The lowest BCUT2D eigenvalue weighted by molar-refractivity contribution is 0.171. The molecule has 3 heterocycles. The average molecular weight is 302 g/mol. The summed E-state index contributed by atoms with van der Waals surface area (Å²) >= 11 is 6.03. The van der Waals surface area contributed by atoms with Crippen LogP contribution in [0.1, 0.15) is 5.82 Å². The van der Waals surface area contributed by atoms with Crippen LogP contribution in [0.3, 0.4) is 0 Å². The second-order valence-corrected chi connectivity index (χ2v) is 4.94. The SMILES string of the molecule is ClCc1nc2cccnc2n1-c1ccc2c(c1)OCCO2. The zero-order valence-corrected chi connectivity index (χ0v) is 11.9. The van der Waals surface area contributed by atoms with Gasteiger partial charge < -0.3 is 9.47 Å². The lowest BCUT2D eigenvalue weighted by Gasteiger charge is -2.19. The molecule has 0 atom stereocenters. The first kappa shape index (κ1) is 12.5. The van der Waals surface area contributed by atoms with Crippen LogP contribution in [0.4, 0.5) is 0 Å². The highest BCUT2D eigenvalue weighted by Gasteiger charge is 2.16. The molecule has 5 nitrogen and oxygen atoms in total. The molecular weight excluding hydrogens is 290 g/mol. The van der Waals surface area contributed by atoms with Crippen LogP contribution in [-0.2, 0) is 5.88 Å². The summed E-state index contributed by atoms with van der Waals surface area (Å²) in [6.07, 6.45) is 1.75. The number of hydrogen-bond acceptors (Lipinski definition) is 4. The zero-order chi connectivity index (χ0) is 14.2. The minimum Gasteiger partial charge on any atom is -0.486 e. The van der Waals surface area contributed by atoms with Crippen molar-refractivity contribution in [2.75, 3.05) is 13.2 Å². The average Bonchev–Trinajstić information content (AvgIpc) is 2.93. The fourth-order valence-corrected chi connectivity index (χ4v) is 2.67. The standard InChI is InChI=1S/C15H12ClN3O2/c16-9-14-18-11-2-1-5-17-15(11)19(14)10-3-4-12-13(8-10)21-7-6-20-12/h1-5,8H,6-7,9H2. The Labute approximate surface area is 126 Å². The quantitative estimate of drug-likeness (QED) is 0.683. The summed E-state index contributed by atoms with van der Waals surface area (Å²) < 4.78 is 13.1. The first-order valence-electron chi connectivity index (χ1n) is 6.65. The van der Waals surface area contributed by atoms with E-state index < -0.39 is 0 Å². The van der Waals surface area contributed by atoms with E-state index in [1.807, 2.05) is 34.9 Å². The molecule has 6 heteroatoms. The summed E-state index contributed by atoms with van der Waals surface area (Å²) in [5.74, 6) is 2.55. The van der Waals surface area contributed by atoms with Crippen LogP contribution >= 0.6 is 11.6 Å². The van der Waals surface area contributed by atoms with Gasteiger partial charge in [0, 0.05) is 12.3 Å². The molecule has 2 aromatic heterocycles. The van der Waals surface area contributed by atoms with Crippen molar-refractivity contribution in [2.45, 2.75) is 5.88 Å². The third-order valence-electron chi connectivity index (χ3n) is 3.39. The Hall–Kier alpha value is -2.27. The molecule has 21 heavy (non-hydrogen) atoms. The monoisotopic (exact) mass is 301 g/mol. The van der Waals surface area contributed by atoms with Crippen molar-refractivity contribution in [3.05, 3.63) is 42.4 Å². The van der Waals surface area contributed by atoms with Gasteiger partial charge in [0.05, 0.1) is 11.6 Å². The van der Waals surface area contributed by atoms with Crippen molar-refractivity contribution in [1.82, 2.24) is 14.5 Å². The van der Waals surface area contributed by atoms with Crippen LogP contribution in [0.25, 0.3) is 16.9 Å². The van der Waals surface area contributed by atoms with Crippen LogP contribution in [0, 0.1) is 0 Å². The van der Waals surface area contributed by atoms with E-state index in [2.05, 4.69) is 9.97 Å². The maximum atomic E-state index is 6.03. The molecule has 4 rings (SSSR count). The molecule has 0 saturated heterocycles. The van der Waals surface area contributed by atoms with Crippen LogP contribution in [0.2, 0.25) is 0 Å². The molecule has 0 saturated carbocycles. The highest BCUT2D eigenvalue weighted by molar-refractivity contribution is 6.16. The van der Waals surface area contributed by atoms with E-state index >= 15 is 0 Å². The number of fused-ring (bicyclic) bond motifs is 2. The van der Waals surface area contributed by atoms with Crippen molar-refractivity contribution in [2.24, 2.45) is 0 Å². The Balaban J connectivity index is 1.93. The smallest absolute Gasteiger partial charge is 0.164 e. The Kier molecular flexibility index (Phi) is 2.93. The molecule has 0 N–H and O–H groups in total. The van der Waals surface area contributed by atoms with Gasteiger partial charge in [-0.3, -0.25) is 4.57 Å². The largest absolute Gasteiger partial charge is 0.486 e. The lowest BCUT2D eigenvalue weighted by atomic mass is 10.2. The van der Waals surface area contributed by atoms with Crippen molar-refractivity contribution in [3.63, 3.8) is 0 Å². The normalized spacial score (nSPS) is 13.6. The van der Waals surface area contributed by atoms with Gasteiger partial charge in [0.1, 0.15) is 24.6 Å². The molecule has 0 amide bonds. The van der Waals surface area contributed by atoms with Crippen LogP contribution in [0.15, 0.2) is 36.5 Å². The lowest BCUT2D eigenvalue weighted by Crippen LogP contribution is -2.15. The van der Waals surface area contributed by atoms with Gasteiger partial charge in [-0.05, 0) is 24.3 Å². The number of alkyl halides is 1. The summed E-state index contributed by atoms with van der Waals surface area (Å²) in [6, 6.07) is 9.57. The first-order chi connectivity index (χ1) is 10.4. The Morgan fingerprint density at radius 3 is 2.86 bits per heavy atom. The van der Waals surface area contributed by atoms with Gasteiger partial charge in [0.25, 0.3) is 0 Å². The molecule has 1 aliphatic rings. The number of pyridine rings is 1. The molecule has 1 aromatic carbocycles. The molecule has 3 aromatic rings. The van der Waals surface area contributed by atoms with E-state index in [1.165, 1.54) is 0 Å². The van der Waals surface area contributed by atoms with E-state index in [-0.39, 0.29) is 0 Å². The molecule has 1 aliphatic heterocycles. The van der Waals surface area contributed by atoms with Gasteiger partial charge in [-0.25, -0.2) is 9.97 Å². The van der Waals surface area contributed by atoms with Crippen molar-refractivity contribution in [1.29, 1.82) is 0 Å². The molecule has 0 bridgehead atoms. The van der Waals surface area contributed by atoms with Crippen LogP contribution in [-0.4, -0.2) is 27.7 Å². The predicted molar refractivity (Wildman–Crippen MR) is 79.4 cm³/mol. The maximum Gasteiger partial charge on any atom is 0.164 e. The molecule has 0 radical (unpaired) electrons. The number of rotatable bonds is 2. The highest BCUT2D eigenvalue weighted by atomic mass is 35.5. The van der Waals surface area contributed by atoms with Gasteiger partial charge in [-0.1, -0.05) is 0 Å². The van der Waals surface area contributed by atoms with E-state index in [9.17, 15) is 0 Å². The third-order valence-corrected chi connectivity index (χ3v) is 3.63. The number of halogens is 1. The molecular formula is C15H12ClN3O2. The van der Waals surface area contributed by atoms with Gasteiger partial charge >= 0.3 is 0 Å². The molecule has 0 unspecified atom stereocenters. The van der Waals surface area contributed by atoms with E-state index in [1.54, 1.807) is 6.20 Å². The van der Waals surface area contributed by atoms with Crippen molar-refractivity contribution >= 4 is 22.8 Å². The van der Waals surface area contributed by atoms with Crippen LogP contribution < -0.4 is 9.47 Å². The molecule has 106 valence electrons. The second-order valence-electron chi connectivity index (χ2n) is 4.67. The van der Waals surface area contributed by atoms with E-state index in [0.29, 0.717) is 19.1 Å². The number of hydrogen-bond donors (Lipinski definition) is 0. The van der Waals surface area contributed by atoms with Crippen molar-refractivity contribution in [3.8, 4) is 17.2 Å². The summed E-state index contributed by atoms with van der Waals surface area (Å²) in [6.45, 7) is 1.14. The number of ether oxygens (including phenoxy) is 2. The molecule has 0 fully saturated rings. The number of imidazole rings is 1. The predicted octanol–water partition coefficient (Wildman–Crippen LogP) is 2.93. The topological polar surface area (TPSA) is 49.2 Å². The van der Waals surface area contributed by atoms with Gasteiger partial charge in [-0.15, -0.1) is 11.6 Å². The zero-order valence-electron chi connectivity index (χ0n) is 11.1. The summed E-state index contributed by atoms with van der Waals surface area (Å²) in [5, 5.41) is 0. The molecule has 0 aliphatic carbocycles. The minimum atomic E-state index is 0.310.